The predicted octanol–water partition coefficient (Wildman–Crippen LogP) is 3.58. The molecule has 0 heterocycles. The van der Waals surface area contributed by atoms with Gasteiger partial charge < -0.3 is 0 Å². The molecular formula is C12H27NO2S. The topological polar surface area (TPSA) is 40.5 Å². The monoisotopic (exact) mass is 249 g/mol. The highest BCUT2D eigenvalue weighted by molar-refractivity contribution is 7.76. The maximum atomic E-state index is 11.7. The van der Waals surface area contributed by atoms with Crippen LogP contribution in [0, 0.1) is 0 Å². The fraction of sp³-hybridized carbons (Fsp3) is 1.00. The van der Waals surface area contributed by atoms with E-state index in [1.54, 1.807) is 4.31 Å². The van der Waals surface area contributed by atoms with Gasteiger partial charge in [-0.2, -0.15) is 4.31 Å². The van der Waals surface area contributed by atoms with Gasteiger partial charge in [-0.3, -0.25) is 4.55 Å². The van der Waals surface area contributed by atoms with Crippen LogP contribution < -0.4 is 0 Å². The average molecular weight is 249 g/mol. The van der Waals surface area contributed by atoms with Gasteiger partial charge in [-0.25, -0.2) is 4.21 Å². The van der Waals surface area contributed by atoms with Crippen molar-refractivity contribution in [2.24, 2.45) is 0 Å². The van der Waals surface area contributed by atoms with Crippen molar-refractivity contribution in [3.8, 4) is 0 Å². The molecule has 0 aliphatic heterocycles. The van der Waals surface area contributed by atoms with Crippen LogP contribution in [0.5, 0.6) is 0 Å². The van der Waals surface area contributed by atoms with E-state index >= 15 is 0 Å². The van der Waals surface area contributed by atoms with Crippen LogP contribution >= 0.6 is 0 Å². The standard InChI is InChI=1S/C12H27NO2S/c1-7-11(5,8-2)13(16(14)15)12(6,9-3)10-4/h7-10H2,1-6H3,(H,14,15). The fourth-order valence-electron chi connectivity index (χ4n) is 2.10. The van der Waals surface area contributed by atoms with Crippen LogP contribution in [-0.4, -0.2) is 24.1 Å². The van der Waals surface area contributed by atoms with E-state index in [0.29, 0.717) is 0 Å². The molecule has 1 unspecified atom stereocenters. The van der Waals surface area contributed by atoms with Crippen molar-refractivity contribution in [1.82, 2.24) is 4.31 Å². The Hall–Kier alpha value is 0.0700. The lowest BCUT2D eigenvalue weighted by molar-refractivity contribution is 0.0696. The Kier molecular flexibility index (Phi) is 6.15. The first-order valence-electron chi connectivity index (χ1n) is 6.22. The highest BCUT2D eigenvalue weighted by Crippen LogP contribution is 2.35. The predicted molar refractivity (Wildman–Crippen MR) is 70.6 cm³/mol. The summed E-state index contributed by atoms with van der Waals surface area (Å²) in [5, 5.41) is 0. The van der Waals surface area contributed by atoms with Gasteiger partial charge in [0.15, 0.2) is 0 Å². The van der Waals surface area contributed by atoms with Crippen LogP contribution in [0.25, 0.3) is 0 Å². The highest BCUT2D eigenvalue weighted by atomic mass is 32.2. The quantitative estimate of drug-likeness (QED) is 0.701. The fourth-order valence-corrected chi connectivity index (χ4v) is 3.37. The number of hydrogen-bond acceptors (Lipinski definition) is 1. The van der Waals surface area contributed by atoms with E-state index in [9.17, 15) is 8.76 Å². The lowest BCUT2D eigenvalue weighted by Gasteiger charge is -2.48. The van der Waals surface area contributed by atoms with Gasteiger partial charge in [0.25, 0.3) is 0 Å². The van der Waals surface area contributed by atoms with Crippen molar-refractivity contribution in [3.63, 3.8) is 0 Å². The van der Waals surface area contributed by atoms with Gasteiger partial charge in [-0.1, -0.05) is 27.7 Å². The second-order valence-electron chi connectivity index (χ2n) is 4.93. The van der Waals surface area contributed by atoms with Gasteiger partial charge >= 0.3 is 0 Å². The molecule has 3 nitrogen and oxygen atoms in total. The first kappa shape index (κ1) is 16.1. The first-order chi connectivity index (χ1) is 7.31. The van der Waals surface area contributed by atoms with Crippen molar-refractivity contribution in [1.29, 1.82) is 0 Å². The molecule has 16 heavy (non-hydrogen) atoms. The summed E-state index contributed by atoms with van der Waals surface area (Å²) in [6.07, 6.45) is 3.52. The van der Waals surface area contributed by atoms with Gasteiger partial charge in [-0.05, 0) is 39.5 Å². The molecule has 0 radical (unpaired) electrons. The van der Waals surface area contributed by atoms with Crippen molar-refractivity contribution in [2.75, 3.05) is 0 Å². The summed E-state index contributed by atoms with van der Waals surface area (Å²) in [6.45, 7) is 12.5. The summed E-state index contributed by atoms with van der Waals surface area (Å²) in [6, 6.07) is 0. The van der Waals surface area contributed by atoms with Crippen molar-refractivity contribution in [2.45, 2.75) is 78.3 Å². The second kappa shape index (κ2) is 6.12. The van der Waals surface area contributed by atoms with Crippen molar-refractivity contribution < 1.29 is 8.76 Å². The zero-order valence-corrected chi connectivity index (χ0v) is 12.4. The van der Waals surface area contributed by atoms with E-state index in [1.807, 2.05) is 0 Å². The minimum absolute atomic E-state index is 0.208. The Bertz CT molecular complexity index is 217. The smallest absolute Gasteiger partial charge is 0.235 e. The maximum Gasteiger partial charge on any atom is 0.235 e. The molecule has 0 rings (SSSR count). The molecular weight excluding hydrogens is 222 g/mol. The Morgan fingerprint density at radius 1 is 0.938 bits per heavy atom. The molecule has 0 aromatic heterocycles. The molecule has 0 fully saturated rings. The van der Waals surface area contributed by atoms with E-state index in [4.69, 9.17) is 0 Å². The molecule has 1 N–H and O–H groups in total. The van der Waals surface area contributed by atoms with E-state index in [0.717, 1.165) is 25.7 Å². The summed E-state index contributed by atoms with van der Waals surface area (Å²) < 4.78 is 23.1. The van der Waals surface area contributed by atoms with Crippen LogP contribution in [0.15, 0.2) is 0 Å². The summed E-state index contributed by atoms with van der Waals surface area (Å²) in [5.41, 5.74) is -0.416. The van der Waals surface area contributed by atoms with Gasteiger partial charge in [0.2, 0.25) is 11.3 Å². The minimum Gasteiger partial charge on any atom is -0.294 e. The lowest BCUT2D eigenvalue weighted by atomic mass is 9.87. The third-order valence-corrected chi connectivity index (χ3v) is 5.38. The third kappa shape index (κ3) is 3.05. The zero-order valence-electron chi connectivity index (χ0n) is 11.5. The van der Waals surface area contributed by atoms with Crippen LogP contribution in [0.4, 0.5) is 0 Å². The molecule has 0 aromatic rings. The van der Waals surface area contributed by atoms with Crippen molar-refractivity contribution >= 4 is 11.3 Å². The lowest BCUT2D eigenvalue weighted by Crippen LogP contribution is -2.57. The molecule has 1 atom stereocenters. The van der Waals surface area contributed by atoms with Crippen LogP contribution in [0.2, 0.25) is 0 Å². The maximum absolute atomic E-state index is 11.7. The van der Waals surface area contributed by atoms with E-state index < -0.39 is 11.3 Å². The number of rotatable bonds is 7. The first-order valence-corrected chi connectivity index (χ1v) is 7.29. The largest absolute Gasteiger partial charge is 0.294 e. The van der Waals surface area contributed by atoms with Crippen LogP contribution in [-0.2, 0) is 11.3 Å². The third-order valence-electron chi connectivity index (χ3n) is 4.18. The van der Waals surface area contributed by atoms with E-state index in [-0.39, 0.29) is 11.1 Å². The normalized spacial score (nSPS) is 15.5. The molecule has 0 bridgehead atoms. The average Bonchev–Trinajstić information content (AvgIpc) is 2.28. The molecule has 0 saturated carbocycles. The molecule has 4 heteroatoms. The molecule has 98 valence electrons. The molecule has 0 aliphatic rings. The molecule has 0 amide bonds. The molecule has 0 aromatic carbocycles. The summed E-state index contributed by atoms with van der Waals surface area (Å²) >= 11 is -1.91. The Balaban J connectivity index is 5.38. The van der Waals surface area contributed by atoms with Gasteiger partial charge in [0, 0.05) is 11.1 Å². The van der Waals surface area contributed by atoms with Crippen molar-refractivity contribution in [3.05, 3.63) is 0 Å². The second-order valence-corrected chi connectivity index (χ2v) is 5.76. The number of hydrogen-bond donors (Lipinski definition) is 1. The molecule has 0 spiro atoms. The van der Waals surface area contributed by atoms with E-state index in [2.05, 4.69) is 41.5 Å². The molecule has 0 saturated heterocycles. The van der Waals surface area contributed by atoms with E-state index in [1.165, 1.54) is 0 Å². The summed E-state index contributed by atoms with van der Waals surface area (Å²) in [4.78, 5) is 0. The SMILES string of the molecule is CCC(C)(CC)N(S(=O)O)C(C)(CC)CC. The summed E-state index contributed by atoms with van der Waals surface area (Å²) in [7, 11) is 0. The number of nitrogens with zero attached hydrogens (tertiary/aromatic N) is 1. The Morgan fingerprint density at radius 2 is 1.19 bits per heavy atom. The van der Waals surface area contributed by atoms with Crippen LogP contribution in [0.1, 0.15) is 67.2 Å². The highest BCUT2D eigenvalue weighted by Gasteiger charge is 2.43. The summed E-state index contributed by atoms with van der Waals surface area (Å²) in [5.74, 6) is 0. The Morgan fingerprint density at radius 3 is 1.31 bits per heavy atom. The van der Waals surface area contributed by atoms with Crippen LogP contribution in [0.3, 0.4) is 0 Å². The molecule has 0 aliphatic carbocycles. The van der Waals surface area contributed by atoms with Gasteiger partial charge in [0.05, 0.1) is 0 Å². The zero-order chi connectivity index (χ0) is 13.0. The van der Waals surface area contributed by atoms with Gasteiger partial charge in [-0.15, -0.1) is 0 Å². The Labute approximate surface area is 103 Å². The van der Waals surface area contributed by atoms with Gasteiger partial charge in [0.1, 0.15) is 0 Å². The minimum atomic E-state index is -1.91.